The van der Waals surface area contributed by atoms with Gasteiger partial charge < -0.3 is 10.8 Å². The van der Waals surface area contributed by atoms with Crippen LogP contribution in [0.25, 0.3) is 11.0 Å². The van der Waals surface area contributed by atoms with Crippen molar-refractivity contribution in [1.82, 2.24) is 15.0 Å². The molecular weight excluding hydrogens is 180 g/mol. The first-order valence-electron chi connectivity index (χ1n) is 4.35. The number of benzene rings is 1. The third-order valence-corrected chi connectivity index (χ3v) is 1.65. The van der Waals surface area contributed by atoms with Crippen LogP contribution in [-0.4, -0.2) is 33.3 Å². The normalized spacial score (nSPS) is 9.64. The van der Waals surface area contributed by atoms with Crippen LogP contribution in [0.2, 0.25) is 0 Å². The summed E-state index contributed by atoms with van der Waals surface area (Å²) in [5.41, 5.74) is 6.80. The van der Waals surface area contributed by atoms with Crippen molar-refractivity contribution >= 4 is 11.0 Å². The molecule has 76 valence electrons. The molecule has 0 saturated heterocycles. The number of para-hydroxylation sites is 1. The van der Waals surface area contributed by atoms with Gasteiger partial charge in [0, 0.05) is 13.6 Å². The lowest BCUT2D eigenvalue weighted by Gasteiger charge is -1.87. The molecule has 0 saturated carbocycles. The average molecular weight is 194 g/mol. The summed E-state index contributed by atoms with van der Waals surface area (Å²) in [5, 5.41) is 15.5. The highest BCUT2D eigenvalue weighted by Gasteiger charge is 1.95. The van der Waals surface area contributed by atoms with Gasteiger partial charge in [-0.1, -0.05) is 17.3 Å². The van der Waals surface area contributed by atoms with Gasteiger partial charge in [-0.2, -0.15) is 0 Å². The quantitative estimate of drug-likeness (QED) is 0.665. The van der Waals surface area contributed by atoms with Crippen molar-refractivity contribution in [1.29, 1.82) is 0 Å². The first kappa shape index (κ1) is 10.6. The molecule has 0 unspecified atom stereocenters. The molecule has 0 aliphatic heterocycles. The summed E-state index contributed by atoms with van der Waals surface area (Å²) in [4.78, 5) is 0. The van der Waals surface area contributed by atoms with Gasteiger partial charge in [0.2, 0.25) is 0 Å². The zero-order valence-corrected chi connectivity index (χ0v) is 8.09. The second-order valence-corrected chi connectivity index (χ2v) is 2.71. The highest BCUT2D eigenvalue weighted by atomic mass is 16.3. The largest absolute Gasteiger partial charge is 0.395 e. The minimum absolute atomic E-state index is 0.0972. The van der Waals surface area contributed by atoms with E-state index in [0.717, 1.165) is 11.0 Å². The topological polar surface area (TPSA) is 77.0 Å². The molecule has 0 bridgehead atoms. The molecule has 0 radical (unpaired) electrons. The molecular formula is C9H14N4O. The van der Waals surface area contributed by atoms with Crippen molar-refractivity contribution in [2.75, 3.05) is 13.2 Å². The number of hydrogen-bond donors (Lipinski definition) is 2. The van der Waals surface area contributed by atoms with E-state index < -0.39 is 0 Å². The smallest absolute Gasteiger partial charge is 0.113 e. The van der Waals surface area contributed by atoms with Crippen LogP contribution in [0.1, 0.15) is 0 Å². The number of aliphatic hydroxyl groups is 1. The predicted octanol–water partition coefficient (Wildman–Crippen LogP) is -0.0943. The number of nitrogens with zero attached hydrogens (tertiary/aromatic N) is 3. The second kappa shape index (κ2) is 5.31. The summed E-state index contributed by atoms with van der Waals surface area (Å²) in [7, 11) is 1.88. The Kier molecular flexibility index (Phi) is 4.03. The zero-order chi connectivity index (χ0) is 10.4. The molecule has 1 aromatic carbocycles. The summed E-state index contributed by atoms with van der Waals surface area (Å²) in [5.74, 6) is 0. The summed E-state index contributed by atoms with van der Waals surface area (Å²) in [6, 6.07) is 7.88. The lowest BCUT2D eigenvalue weighted by Crippen LogP contribution is -2.02. The molecule has 5 nitrogen and oxygen atoms in total. The molecule has 1 heterocycles. The number of hydrogen-bond acceptors (Lipinski definition) is 4. The Labute approximate surface area is 82.1 Å². The summed E-state index contributed by atoms with van der Waals surface area (Å²) < 4.78 is 1.76. The third-order valence-electron chi connectivity index (χ3n) is 1.65. The molecule has 2 aromatic rings. The first-order valence-corrected chi connectivity index (χ1v) is 4.35. The van der Waals surface area contributed by atoms with Crippen molar-refractivity contribution in [2.45, 2.75) is 0 Å². The maximum absolute atomic E-state index is 7.75. The highest BCUT2D eigenvalue weighted by Crippen LogP contribution is 2.06. The Morgan fingerprint density at radius 2 is 2.07 bits per heavy atom. The molecule has 5 heteroatoms. The molecule has 0 atom stereocenters. The minimum atomic E-state index is 0.0972. The Hall–Kier alpha value is -1.46. The van der Waals surface area contributed by atoms with E-state index in [1.807, 2.05) is 31.3 Å². The summed E-state index contributed by atoms with van der Waals surface area (Å²) >= 11 is 0. The van der Waals surface area contributed by atoms with E-state index in [1.54, 1.807) is 4.68 Å². The van der Waals surface area contributed by atoms with E-state index in [1.165, 1.54) is 0 Å². The fraction of sp³-hybridized carbons (Fsp3) is 0.333. The number of aliphatic hydroxyl groups excluding tert-OH is 1. The molecule has 0 fully saturated rings. The highest BCUT2D eigenvalue weighted by molar-refractivity contribution is 5.73. The van der Waals surface area contributed by atoms with Gasteiger partial charge in [0.1, 0.15) is 5.52 Å². The van der Waals surface area contributed by atoms with Crippen LogP contribution in [0.5, 0.6) is 0 Å². The van der Waals surface area contributed by atoms with Crippen molar-refractivity contribution < 1.29 is 5.11 Å². The predicted molar refractivity (Wildman–Crippen MR) is 54.6 cm³/mol. The van der Waals surface area contributed by atoms with Crippen LogP contribution in [0.4, 0.5) is 0 Å². The number of fused-ring (bicyclic) bond motifs is 1. The van der Waals surface area contributed by atoms with E-state index in [9.17, 15) is 0 Å². The number of aryl methyl sites for hydroxylation is 1. The van der Waals surface area contributed by atoms with Crippen LogP contribution in [0.3, 0.4) is 0 Å². The van der Waals surface area contributed by atoms with E-state index in [0.29, 0.717) is 6.54 Å². The Bertz CT molecular complexity index is 383. The minimum Gasteiger partial charge on any atom is -0.395 e. The standard InChI is InChI=1S/C7H7N3.C2H7NO/c1-10-7-5-3-2-4-6(7)8-9-10;3-1-2-4/h2-5H,1H3;4H,1-3H2. The second-order valence-electron chi connectivity index (χ2n) is 2.71. The van der Waals surface area contributed by atoms with Crippen molar-refractivity contribution in [2.24, 2.45) is 12.8 Å². The van der Waals surface area contributed by atoms with Gasteiger partial charge >= 0.3 is 0 Å². The fourth-order valence-corrected chi connectivity index (χ4v) is 0.986. The zero-order valence-electron chi connectivity index (χ0n) is 8.09. The molecule has 3 N–H and O–H groups in total. The lowest BCUT2D eigenvalue weighted by molar-refractivity contribution is 0.306. The van der Waals surface area contributed by atoms with E-state index in [-0.39, 0.29) is 6.61 Å². The molecule has 14 heavy (non-hydrogen) atoms. The SMILES string of the molecule is Cn1nnc2ccccc21.NCCO. The van der Waals surface area contributed by atoms with Crippen molar-refractivity contribution in [3.8, 4) is 0 Å². The third kappa shape index (κ3) is 2.51. The molecule has 1 aromatic heterocycles. The van der Waals surface area contributed by atoms with Crippen LogP contribution in [0.15, 0.2) is 24.3 Å². The Balaban J connectivity index is 0.000000213. The molecule has 0 aliphatic rings. The molecule has 2 rings (SSSR count). The van der Waals surface area contributed by atoms with Gasteiger partial charge in [0.25, 0.3) is 0 Å². The maximum Gasteiger partial charge on any atom is 0.113 e. The first-order chi connectivity index (χ1) is 6.79. The van der Waals surface area contributed by atoms with Gasteiger partial charge in [0.05, 0.1) is 12.1 Å². The summed E-state index contributed by atoms with van der Waals surface area (Å²) in [6.07, 6.45) is 0. The van der Waals surface area contributed by atoms with Crippen molar-refractivity contribution in [3.05, 3.63) is 24.3 Å². The van der Waals surface area contributed by atoms with E-state index in [4.69, 9.17) is 10.8 Å². The number of aromatic nitrogens is 3. The molecule has 0 spiro atoms. The van der Waals surface area contributed by atoms with Crippen molar-refractivity contribution in [3.63, 3.8) is 0 Å². The van der Waals surface area contributed by atoms with E-state index in [2.05, 4.69) is 10.3 Å². The van der Waals surface area contributed by atoms with Gasteiger partial charge in [-0.05, 0) is 12.1 Å². The summed E-state index contributed by atoms with van der Waals surface area (Å²) in [6.45, 7) is 0.472. The monoisotopic (exact) mass is 194 g/mol. The Morgan fingerprint density at radius 3 is 2.64 bits per heavy atom. The molecule has 0 aliphatic carbocycles. The molecule has 0 amide bonds. The lowest BCUT2D eigenvalue weighted by atomic mass is 10.3. The van der Waals surface area contributed by atoms with Gasteiger partial charge in [-0.25, -0.2) is 4.68 Å². The maximum atomic E-state index is 7.75. The van der Waals surface area contributed by atoms with Crippen LogP contribution >= 0.6 is 0 Å². The van der Waals surface area contributed by atoms with Crippen LogP contribution in [-0.2, 0) is 7.05 Å². The van der Waals surface area contributed by atoms with Gasteiger partial charge in [-0.15, -0.1) is 5.10 Å². The van der Waals surface area contributed by atoms with Crippen LogP contribution < -0.4 is 5.73 Å². The van der Waals surface area contributed by atoms with Gasteiger partial charge in [-0.3, -0.25) is 0 Å². The van der Waals surface area contributed by atoms with Gasteiger partial charge in [0.15, 0.2) is 0 Å². The van der Waals surface area contributed by atoms with E-state index >= 15 is 0 Å². The van der Waals surface area contributed by atoms with Crippen LogP contribution in [0, 0.1) is 0 Å². The number of rotatable bonds is 1. The number of nitrogens with two attached hydrogens (primary N) is 1. The fourth-order valence-electron chi connectivity index (χ4n) is 0.986. The Morgan fingerprint density at radius 1 is 1.43 bits per heavy atom. The average Bonchev–Trinajstić information content (AvgIpc) is 2.62.